The van der Waals surface area contributed by atoms with Crippen LogP contribution in [0, 0.1) is 3.57 Å². The highest BCUT2D eigenvalue weighted by molar-refractivity contribution is 14.1. The summed E-state index contributed by atoms with van der Waals surface area (Å²) < 4.78 is 1.24. The first-order chi connectivity index (χ1) is 5.29. The number of halogens is 1. The SMILES string of the molecule is OCc1cccc(C[SiH3])c1I. The van der Waals surface area contributed by atoms with Crippen molar-refractivity contribution in [3.05, 3.63) is 32.9 Å². The van der Waals surface area contributed by atoms with Gasteiger partial charge in [-0.1, -0.05) is 18.2 Å². The van der Waals surface area contributed by atoms with E-state index in [2.05, 4.69) is 28.7 Å². The summed E-state index contributed by atoms with van der Waals surface area (Å²) in [5.74, 6) is 0. The minimum atomic E-state index is 0.160. The van der Waals surface area contributed by atoms with E-state index < -0.39 is 0 Å². The van der Waals surface area contributed by atoms with Crippen LogP contribution in [0.4, 0.5) is 0 Å². The van der Waals surface area contributed by atoms with E-state index in [-0.39, 0.29) is 6.61 Å². The maximum atomic E-state index is 8.94. The van der Waals surface area contributed by atoms with Crippen LogP contribution in [0.2, 0.25) is 0 Å². The van der Waals surface area contributed by atoms with Crippen molar-refractivity contribution in [1.82, 2.24) is 0 Å². The van der Waals surface area contributed by atoms with Gasteiger partial charge < -0.3 is 5.11 Å². The van der Waals surface area contributed by atoms with Crippen LogP contribution in [0.3, 0.4) is 0 Å². The molecule has 0 spiro atoms. The van der Waals surface area contributed by atoms with E-state index in [9.17, 15) is 0 Å². The van der Waals surface area contributed by atoms with E-state index >= 15 is 0 Å². The van der Waals surface area contributed by atoms with Crippen molar-refractivity contribution in [2.45, 2.75) is 12.7 Å². The lowest BCUT2D eigenvalue weighted by Gasteiger charge is -2.04. The van der Waals surface area contributed by atoms with E-state index in [0.29, 0.717) is 0 Å². The summed E-state index contributed by atoms with van der Waals surface area (Å²) in [6.07, 6.45) is 0. The predicted octanol–water partition coefficient (Wildman–Crippen LogP) is 0.649. The van der Waals surface area contributed by atoms with Crippen molar-refractivity contribution in [1.29, 1.82) is 0 Å². The van der Waals surface area contributed by atoms with Crippen molar-refractivity contribution >= 4 is 32.8 Å². The molecule has 0 heterocycles. The number of aliphatic hydroxyl groups is 1. The fraction of sp³-hybridized carbons (Fsp3) is 0.250. The van der Waals surface area contributed by atoms with E-state index in [0.717, 1.165) is 5.56 Å². The van der Waals surface area contributed by atoms with Gasteiger partial charge in [-0.2, -0.15) is 0 Å². The fourth-order valence-electron chi connectivity index (χ4n) is 1.03. The Morgan fingerprint density at radius 3 is 2.55 bits per heavy atom. The molecule has 0 atom stereocenters. The normalized spacial score (nSPS) is 10.4. The second kappa shape index (κ2) is 4.23. The van der Waals surface area contributed by atoms with Gasteiger partial charge >= 0.3 is 0 Å². The van der Waals surface area contributed by atoms with Crippen LogP contribution >= 0.6 is 22.6 Å². The zero-order chi connectivity index (χ0) is 8.27. The first-order valence-corrected chi connectivity index (χ1v) is 6.16. The third-order valence-electron chi connectivity index (χ3n) is 1.71. The predicted molar refractivity (Wildman–Crippen MR) is 58.7 cm³/mol. The molecule has 11 heavy (non-hydrogen) atoms. The molecule has 0 radical (unpaired) electrons. The van der Waals surface area contributed by atoms with E-state index in [1.54, 1.807) is 0 Å². The largest absolute Gasteiger partial charge is 0.392 e. The smallest absolute Gasteiger partial charge is 0.0692 e. The molecule has 60 valence electrons. The quantitative estimate of drug-likeness (QED) is 0.622. The second-order valence-corrected chi connectivity index (χ2v) is 4.19. The van der Waals surface area contributed by atoms with Crippen molar-refractivity contribution in [2.75, 3.05) is 0 Å². The zero-order valence-corrected chi connectivity index (χ0v) is 10.6. The first-order valence-electron chi connectivity index (χ1n) is 3.66. The Labute approximate surface area is 83.4 Å². The topological polar surface area (TPSA) is 20.2 Å². The molecule has 0 aromatic heterocycles. The number of benzene rings is 1. The average molecular weight is 278 g/mol. The van der Waals surface area contributed by atoms with Crippen molar-refractivity contribution in [2.24, 2.45) is 0 Å². The summed E-state index contributed by atoms with van der Waals surface area (Å²) >= 11 is 2.30. The lowest BCUT2D eigenvalue weighted by atomic mass is 10.1. The van der Waals surface area contributed by atoms with Gasteiger partial charge in [0.15, 0.2) is 0 Å². The lowest BCUT2D eigenvalue weighted by Crippen LogP contribution is -1.94. The van der Waals surface area contributed by atoms with Crippen molar-refractivity contribution < 1.29 is 5.11 Å². The van der Waals surface area contributed by atoms with Gasteiger partial charge in [0.1, 0.15) is 0 Å². The van der Waals surface area contributed by atoms with Gasteiger partial charge in [-0.3, -0.25) is 0 Å². The van der Waals surface area contributed by atoms with Gasteiger partial charge in [0.2, 0.25) is 0 Å². The summed E-state index contributed by atoms with van der Waals surface area (Å²) in [6, 6.07) is 7.30. The molecule has 0 fully saturated rings. The van der Waals surface area contributed by atoms with Gasteiger partial charge in [-0.25, -0.2) is 0 Å². The highest BCUT2D eigenvalue weighted by atomic mass is 127. The molecule has 0 bridgehead atoms. The highest BCUT2D eigenvalue weighted by Crippen LogP contribution is 2.16. The van der Waals surface area contributed by atoms with Crippen LogP contribution < -0.4 is 0 Å². The molecule has 1 N–H and O–H groups in total. The first kappa shape index (κ1) is 9.22. The number of hydrogen-bond acceptors (Lipinski definition) is 1. The minimum absolute atomic E-state index is 0.160. The molecule has 0 aliphatic rings. The van der Waals surface area contributed by atoms with Gasteiger partial charge in [-0.05, 0) is 39.8 Å². The molecule has 1 aromatic rings. The number of aliphatic hydroxyl groups excluding tert-OH is 1. The van der Waals surface area contributed by atoms with E-state index in [1.807, 2.05) is 12.1 Å². The van der Waals surface area contributed by atoms with Gasteiger partial charge in [0, 0.05) is 13.8 Å². The average Bonchev–Trinajstić information content (AvgIpc) is 2.05. The summed E-state index contributed by atoms with van der Waals surface area (Å²) in [5, 5.41) is 8.94. The Hall–Kier alpha value is 0.127. The Morgan fingerprint density at radius 2 is 2.00 bits per heavy atom. The standard InChI is InChI=1S/C8H11IOSi/c9-8-6(4-10)2-1-3-7(8)5-11/h1-3,10H,4-5H2,11H3. The van der Waals surface area contributed by atoms with E-state index in [1.165, 1.54) is 25.4 Å². The maximum Gasteiger partial charge on any atom is 0.0692 e. The van der Waals surface area contributed by atoms with E-state index in [4.69, 9.17) is 5.11 Å². The molecular weight excluding hydrogens is 267 g/mol. The Bertz CT molecular complexity index is 228. The highest BCUT2D eigenvalue weighted by Gasteiger charge is 2.01. The fourth-order valence-corrected chi connectivity index (χ4v) is 3.25. The molecule has 1 aromatic carbocycles. The van der Waals surface area contributed by atoms with Gasteiger partial charge in [0.05, 0.1) is 6.61 Å². The number of hydrogen-bond donors (Lipinski definition) is 1. The van der Waals surface area contributed by atoms with Crippen molar-refractivity contribution in [3.63, 3.8) is 0 Å². The Balaban J connectivity index is 3.10. The molecule has 0 saturated heterocycles. The van der Waals surface area contributed by atoms with Crippen LogP contribution in [0.15, 0.2) is 18.2 Å². The molecule has 0 unspecified atom stereocenters. The molecule has 1 rings (SSSR count). The van der Waals surface area contributed by atoms with Crippen LogP contribution in [0.25, 0.3) is 0 Å². The maximum absolute atomic E-state index is 8.94. The summed E-state index contributed by atoms with van der Waals surface area (Å²) in [4.78, 5) is 0. The molecule has 0 aliphatic heterocycles. The lowest BCUT2D eigenvalue weighted by molar-refractivity contribution is 0.281. The second-order valence-electron chi connectivity index (χ2n) is 2.40. The Morgan fingerprint density at radius 1 is 1.36 bits per heavy atom. The number of rotatable bonds is 2. The molecule has 0 aliphatic carbocycles. The third-order valence-corrected chi connectivity index (χ3v) is 3.86. The molecule has 1 nitrogen and oxygen atoms in total. The van der Waals surface area contributed by atoms with Gasteiger partial charge in [0.25, 0.3) is 0 Å². The Kier molecular flexibility index (Phi) is 3.54. The summed E-state index contributed by atoms with van der Waals surface area (Å²) in [5.41, 5.74) is 2.43. The summed E-state index contributed by atoms with van der Waals surface area (Å²) in [7, 11) is 1.19. The molecule has 3 heteroatoms. The molecular formula is C8H11IOSi. The van der Waals surface area contributed by atoms with Crippen molar-refractivity contribution in [3.8, 4) is 0 Å². The zero-order valence-electron chi connectivity index (χ0n) is 6.47. The molecule has 0 amide bonds. The van der Waals surface area contributed by atoms with Crippen LogP contribution in [-0.2, 0) is 12.7 Å². The summed E-state index contributed by atoms with van der Waals surface area (Å²) in [6.45, 7) is 0.160. The van der Waals surface area contributed by atoms with Crippen LogP contribution in [0.1, 0.15) is 11.1 Å². The molecule has 0 saturated carbocycles. The van der Waals surface area contributed by atoms with Gasteiger partial charge in [-0.15, -0.1) is 0 Å². The minimum Gasteiger partial charge on any atom is -0.392 e. The monoisotopic (exact) mass is 278 g/mol. The van der Waals surface area contributed by atoms with Crippen LogP contribution in [-0.4, -0.2) is 15.3 Å². The third kappa shape index (κ3) is 2.04. The van der Waals surface area contributed by atoms with Crippen LogP contribution in [0.5, 0.6) is 0 Å².